The minimum atomic E-state index is -1.09. The predicted octanol–water partition coefficient (Wildman–Crippen LogP) is -1.42. The average Bonchev–Trinajstić information content (AvgIpc) is 2.42. The summed E-state index contributed by atoms with van der Waals surface area (Å²) in [5.74, 6) is -1.26. The van der Waals surface area contributed by atoms with Crippen molar-refractivity contribution in [2.24, 2.45) is 0 Å². The second-order valence-electron chi connectivity index (χ2n) is 4.26. The molecule has 0 aromatic heterocycles. The maximum Gasteiger partial charge on any atom is 0.326 e. The van der Waals surface area contributed by atoms with Gasteiger partial charge in [0.15, 0.2) is 0 Å². The molecule has 8 heteroatoms. The average molecular weight is 272 g/mol. The van der Waals surface area contributed by atoms with Gasteiger partial charge in [-0.25, -0.2) is 9.59 Å². The number of aliphatic carboxylic acids is 1. The Morgan fingerprint density at radius 1 is 1.32 bits per heavy atom. The van der Waals surface area contributed by atoms with Crippen LogP contribution < -0.4 is 16.0 Å². The molecule has 108 valence electrons. The molecule has 19 heavy (non-hydrogen) atoms. The van der Waals surface area contributed by atoms with Gasteiger partial charge in [-0.1, -0.05) is 6.92 Å². The van der Waals surface area contributed by atoms with E-state index in [-0.39, 0.29) is 18.9 Å². The highest BCUT2D eigenvalue weighted by Crippen LogP contribution is 1.93. The molecule has 0 spiro atoms. The van der Waals surface area contributed by atoms with Gasteiger partial charge in [0.25, 0.3) is 0 Å². The number of carbonyl (C=O) groups excluding carboxylic acids is 2. The second-order valence-corrected chi connectivity index (χ2v) is 4.26. The van der Waals surface area contributed by atoms with E-state index in [4.69, 9.17) is 5.11 Å². The quantitative estimate of drug-likeness (QED) is 0.491. The van der Waals surface area contributed by atoms with Crippen LogP contribution >= 0.6 is 0 Å². The van der Waals surface area contributed by atoms with Gasteiger partial charge in [-0.3, -0.25) is 4.79 Å². The van der Waals surface area contributed by atoms with Crippen LogP contribution in [0, 0.1) is 0 Å². The monoisotopic (exact) mass is 272 g/mol. The normalized spacial score (nSPS) is 16.6. The van der Waals surface area contributed by atoms with E-state index in [0.717, 1.165) is 13.1 Å². The molecule has 1 heterocycles. The number of nitrogens with zero attached hydrogens (tertiary/aromatic N) is 1. The predicted molar refractivity (Wildman–Crippen MR) is 67.7 cm³/mol. The summed E-state index contributed by atoms with van der Waals surface area (Å²) >= 11 is 0. The fourth-order valence-corrected chi connectivity index (χ4v) is 1.73. The highest BCUT2D eigenvalue weighted by molar-refractivity contribution is 5.86. The van der Waals surface area contributed by atoms with E-state index >= 15 is 0 Å². The van der Waals surface area contributed by atoms with Gasteiger partial charge in [0, 0.05) is 26.2 Å². The van der Waals surface area contributed by atoms with E-state index < -0.39 is 18.0 Å². The molecule has 1 saturated heterocycles. The summed E-state index contributed by atoms with van der Waals surface area (Å²) in [6.07, 6.45) is 0.286. The zero-order valence-corrected chi connectivity index (χ0v) is 10.9. The minimum Gasteiger partial charge on any atom is -0.480 e. The zero-order valence-electron chi connectivity index (χ0n) is 10.9. The summed E-state index contributed by atoms with van der Waals surface area (Å²) in [4.78, 5) is 35.6. The molecule has 8 nitrogen and oxygen atoms in total. The molecular weight excluding hydrogens is 252 g/mol. The number of hydrogen-bond acceptors (Lipinski definition) is 4. The lowest BCUT2D eigenvalue weighted by molar-refractivity contribution is -0.139. The van der Waals surface area contributed by atoms with Gasteiger partial charge in [-0.15, -0.1) is 0 Å². The van der Waals surface area contributed by atoms with E-state index in [1.165, 1.54) is 0 Å². The van der Waals surface area contributed by atoms with Crippen molar-refractivity contribution >= 4 is 17.9 Å². The third-order valence-corrected chi connectivity index (χ3v) is 2.88. The Bertz CT molecular complexity index is 342. The molecule has 1 fully saturated rings. The maximum atomic E-state index is 11.7. The van der Waals surface area contributed by atoms with Gasteiger partial charge < -0.3 is 26.0 Å². The number of rotatable bonds is 5. The van der Waals surface area contributed by atoms with Crippen LogP contribution in [0.5, 0.6) is 0 Å². The summed E-state index contributed by atoms with van der Waals surface area (Å²) in [5, 5.41) is 16.6. The van der Waals surface area contributed by atoms with E-state index in [1.807, 2.05) is 0 Å². The highest BCUT2D eigenvalue weighted by atomic mass is 16.4. The molecule has 1 atom stereocenters. The van der Waals surface area contributed by atoms with Gasteiger partial charge >= 0.3 is 12.0 Å². The molecule has 0 aromatic rings. The van der Waals surface area contributed by atoms with Crippen molar-refractivity contribution in [1.29, 1.82) is 0 Å². The van der Waals surface area contributed by atoms with Crippen LogP contribution in [0.15, 0.2) is 0 Å². The molecule has 1 unspecified atom stereocenters. The standard InChI is InChI=1S/C11H20N4O4/c1-2-8(10(17)18)14-11(19)13-7-9(16)15-5-3-12-4-6-15/h8,12H,2-7H2,1H3,(H,17,18)(H2,13,14,19). The first-order chi connectivity index (χ1) is 9.04. The Hall–Kier alpha value is -1.83. The van der Waals surface area contributed by atoms with Crippen molar-refractivity contribution in [1.82, 2.24) is 20.9 Å². The summed E-state index contributed by atoms with van der Waals surface area (Å²) in [7, 11) is 0. The SMILES string of the molecule is CCC(NC(=O)NCC(=O)N1CCNCC1)C(=O)O. The number of urea groups is 1. The maximum absolute atomic E-state index is 11.7. The highest BCUT2D eigenvalue weighted by Gasteiger charge is 2.19. The van der Waals surface area contributed by atoms with Crippen LogP contribution in [0.2, 0.25) is 0 Å². The molecule has 4 N–H and O–H groups in total. The first kappa shape index (κ1) is 15.2. The van der Waals surface area contributed by atoms with Crippen molar-refractivity contribution in [2.75, 3.05) is 32.7 Å². The molecule has 0 aliphatic carbocycles. The van der Waals surface area contributed by atoms with E-state index in [2.05, 4.69) is 16.0 Å². The van der Waals surface area contributed by atoms with Crippen LogP contribution in [0.4, 0.5) is 4.79 Å². The number of nitrogens with one attached hydrogen (secondary N) is 3. The number of carboxylic acids is 1. The smallest absolute Gasteiger partial charge is 0.326 e. The number of carboxylic acid groups (broad SMARTS) is 1. The van der Waals surface area contributed by atoms with Crippen LogP contribution in [0.25, 0.3) is 0 Å². The molecule has 3 amide bonds. The lowest BCUT2D eigenvalue weighted by Gasteiger charge is -2.27. The van der Waals surface area contributed by atoms with Crippen LogP contribution in [-0.4, -0.2) is 66.7 Å². The van der Waals surface area contributed by atoms with Crippen molar-refractivity contribution in [3.05, 3.63) is 0 Å². The number of hydrogen-bond donors (Lipinski definition) is 4. The first-order valence-corrected chi connectivity index (χ1v) is 6.30. The van der Waals surface area contributed by atoms with E-state index in [0.29, 0.717) is 13.1 Å². The number of carbonyl (C=O) groups is 3. The topological polar surface area (TPSA) is 111 Å². The summed E-state index contributed by atoms with van der Waals surface area (Å²) in [5.41, 5.74) is 0. The van der Waals surface area contributed by atoms with E-state index in [1.54, 1.807) is 11.8 Å². The van der Waals surface area contributed by atoms with E-state index in [9.17, 15) is 14.4 Å². The van der Waals surface area contributed by atoms with Crippen molar-refractivity contribution in [3.63, 3.8) is 0 Å². The lowest BCUT2D eigenvalue weighted by atomic mass is 10.2. The van der Waals surface area contributed by atoms with Gasteiger partial charge in [0.2, 0.25) is 5.91 Å². The Morgan fingerprint density at radius 3 is 2.47 bits per heavy atom. The largest absolute Gasteiger partial charge is 0.480 e. The number of piperazine rings is 1. The number of amides is 3. The van der Waals surface area contributed by atoms with Gasteiger partial charge in [0.1, 0.15) is 6.04 Å². The second kappa shape index (κ2) is 7.57. The van der Waals surface area contributed by atoms with Crippen molar-refractivity contribution < 1.29 is 19.5 Å². The van der Waals surface area contributed by atoms with Crippen LogP contribution in [0.3, 0.4) is 0 Å². The molecule has 1 rings (SSSR count). The van der Waals surface area contributed by atoms with Crippen LogP contribution in [-0.2, 0) is 9.59 Å². The molecule has 0 aromatic carbocycles. The Labute approximate surface area is 111 Å². The van der Waals surface area contributed by atoms with Crippen LogP contribution in [0.1, 0.15) is 13.3 Å². The Morgan fingerprint density at radius 2 is 1.95 bits per heavy atom. The lowest BCUT2D eigenvalue weighted by Crippen LogP contribution is -2.52. The minimum absolute atomic E-state index is 0.123. The molecular formula is C11H20N4O4. The Balaban J connectivity index is 2.29. The molecule has 1 aliphatic rings. The first-order valence-electron chi connectivity index (χ1n) is 6.30. The van der Waals surface area contributed by atoms with Gasteiger partial charge in [-0.05, 0) is 6.42 Å². The molecule has 1 aliphatic heterocycles. The summed E-state index contributed by atoms with van der Waals surface area (Å²) < 4.78 is 0. The molecule has 0 saturated carbocycles. The third-order valence-electron chi connectivity index (χ3n) is 2.88. The van der Waals surface area contributed by atoms with Crippen molar-refractivity contribution in [3.8, 4) is 0 Å². The molecule has 0 bridgehead atoms. The fourth-order valence-electron chi connectivity index (χ4n) is 1.73. The summed E-state index contributed by atoms with van der Waals surface area (Å²) in [6, 6.07) is -1.58. The zero-order chi connectivity index (χ0) is 14.3. The Kier molecular flexibility index (Phi) is 6.07. The van der Waals surface area contributed by atoms with Gasteiger partial charge in [0.05, 0.1) is 6.54 Å². The summed E-state index contributed by atoms with van der Waals surface area (Å²) in [6.45, 7) is 4.26. The van der Waals surface area contributed by atoms with Crippen molar-refractivity contribution in [2.45, 2.75) is 19.4 Å². The fraction of sp³-hybridized carbons (Fsp3) is 0.727. The molecule has 0 radical (unpaired) electrons. The van der Waals surface area contributed by atoms with Gasteiger partial charge in [-0.2, -0.15) is 0 Å². The third kappa shape index (κ3) is 5.12.